The SMILES string of the molecule is COc1cc(Cc2cc3cccnc3[nH]2)cc(OC)c1. The Kier molecular flexibility index (Phi) is 3.29. The van der Waals surface area contributed by atoms with Gasteiger partial charge in [-0.1, -0.05) is 0 Å². The number of nitrogens with zero attached hydrogens (tertiary/aromatic N) is 1. The number of nitrogens with one attached hydrogen (secondary N) is 1. The third kappa shape index (κ3) is 2.45. The number of benzene rings is 1. The number of H-pyrrole nitrogens is 1. The van der Waals surface area contributed by atoms with Crippen LogP contribution >= 0.6 is 0 Å². The molecule has 0 aliphatic carbocycles. The number of hydrogen-bond donors (Lipinski definition) is 1. The highest BCUT2D eigenvalue weighted by Crippen LogP contribution is 2.24. The highest BCUT2D eigenvalue weighted by molar-refractivity contribution is 5.76. The first-order valence-electron chi connectivity index (χ1n) is 6.43. The number of aromatic amines is 1. The molecule has 0 spiro atoms. The first-order chi connectivity index (χ1) is 9.78. The largest absolute Gasteiger partial charge is 0.497 e. The van der Waals surface area contributed by atoms with Gasteiger partial charge in [0.25, 0.3) is 0 Å². The van der Waals surface area contributed by atoms with Crippen LogP contribution in [0.15, 0.2) is 42.6 Å². The molecule has 0 saturated carbocycles. The van der Waals surface area contributed by atoms with E-state index >= 15 is 0 Å². The standard InChI is InChI=1S/C16H16N2O2/c1-19-14-7-11(8-15(10-14)20-2)6-13-9-12-4-3-5-17-16(12)18-13/h3-5,7-10H,6H2,1-2H3,(H,17,18). The summed E-state index contributed by atoms with van der Waals surface area (Å²) in [7, 11) is 3.32. The van der Waals surface area contributed by atoms with Gasteiger partial charge >= 0.3 is 0 Å². The van der Waals surface area contributed by atoms with Gasteiger partial charge in [0.2, 0.25) is 0 Å². The van der Waals surface area contributed by atoms with E-state index in [1.54, 1.807) is 20.4 Å². The van der Waals surface area contributed by atoms with Crippen molar-refractivity contribution in [1.82, 2.24) is 9.97 Å². The lowest BCUT2D eigenvalue weighted by atomic mass is 10.1. The number of fused-ring (bicyclic) bond motifs is 1. The van der Waals surface area contributed by atoms with Gasteiger partial charge in [-0.05, 0) is 35.9 Å². The normalized spacial score (nSPS) is 10.7. The van der Waals surface area contributed by atoms with Crippen LogP contribution in [0.3, 0.4) is 0 Å². The Labute approximate surface area is 117 Å². The average Bonchev–Trinajstić information content (AvgIpc) is 2.88. The second-order valence-electron chi connectivity index (χ2n) is 4.63. The summed E-state index contributed by atoms with van der Waals surface area (Å²) in [6.07, 6.45) is 2.57. The fraction of sp³-hybridized carbons (Fsp3) is 0.188. The van der Waals surface area contributed by atoms with Crippen molar-refractivity contribution in [1.29, 1.82) is 0 Å². The third-order valence-electron chi connectivity index (χ3n) is 3.25. The van der Waals surface area contributed by atoms with Crippen molar-refractivity contribution in [2.45, 2.75) is 6.42 Å². The molecule has 0 aliphatic heterocycles. The van der Waals surface area contributed by atoms with Crippen LogP contribution in [0.1, 0.15) is 11.3 Å². The van der Waals surface area contributed by atoms with Gasteiger partial charge in [0, 0.05) is 29.8 Å². The van der Waals surface area contributed by atoms with Crippen molar-refractivity contribution in [3.8, 4) is 11.5 Å². The summed E-state index contributed by atoms with van der Waals surface area (Å²) in [5.74, 6) is 1.60. The van der Waals surface area contributed by atoms with Gasteiger partial charge in [0.05, 0.1) is 14.2 Å². The summed E-state index contributed by atoms with van der Waals surface area (Å²) in [5.41, 5.74) is 3.17. The molecule has 0 fully saturated rings. The van der Waals surface area contributed by atoms with E-state index in [1.807, 2.05) is 24.3 Å². The summed E-state index contributed by atoms with van der Waals surface area (Å²) >= 11 is 0. The maximum Gasteiger partial charge on any atom is 0.137 e. The lowest BCUT2D eigenvalue weighted by Gasteiger charge is -2.07. The minimum Gasteiger partial charge on any atom is -0.497 e. The van der Waals surface area contributed by atoms with E-state index < -0.39 is 0 Å². The Bertz CT molecular complexity index is 679. The summed E-state index contributed by atoms with van der Waals surface area (Å²) in [6, 6.07) is 12.0. The quantitative estimate of drug-likeness (QED) is 0.790. The Hall–Kier alpha value is -2.49. The van der Waals surface area contributed by atoms with Gasteiger partial charge in [0.15, 0.2) is 0 Å². The molecular formula is C16H16N2O2. The zero-order valence-corrected chi connectivity index (χ0v) is 11.5. The molecule has 3 rings (SSSR count). The number of rotatable bonds is 4. The smallest absolute Gasteiger partial charge is 0.137 e. The number of methoxy groups -OCH3 is 2. The molecule has 0 bridgehead atoms. The van der Waals surface area contributed by atoms with Gasteiger partial charge in [0.1, 0.15) is 17.1 Å². The molecule has 0 saturated heterocycles. The fourth-order valence-electron chi connectivity index (χ4n) is 2.30. The predicted octanol–water partition coefficient (Wildman–Crippen LogP) is 3.17. The van der Waals surface area contributed by atoms with Crippen LogP contribution < -0.4 is 9.47 Å². The number of aromatic nitrogens is 2. The van der Waals surface area contributed by atoms with E-state index in [0.29, 0.717) is 0 Å². The molecule has 20 heavy (non-hydrogen) atoms. The van der Waals surface area contributed by atoms with Crippen LogP contribution in [-0.2, 0) is 6.42 Å². The van der Waals surface area contributed by atoms with Crippen LogP contribution in [-0.4, -0.2) is 24.2 Å². The highest BCUT2D eigenvalue weighted by atomic mass is 16.5. The molecular weight excluding hydrogens is 252 g/mol. The first-order valence-corrected chi connectivity index (χ1v) is 6.43. The van der Waals surface area contributed by atoms with Crippen molar-refractivity contribution < 1.29 is 9.47 Å². The zero-order valence-electron chi connectivity index (χ0n) is 11.5. The molecule has 0 amide bonds. The van der Waals surface area contributed by atoms with Crippen molar-refractivity contribution in [3.63, 3.8) is 0 Å². The monoisotopic (exact) mass is 268 g/mol. The Morgan fingerprint density at radius 3 is 2.45 bits per heavy atom. The van der Waals surface area contributed by atoms with Crippen LogP contribution in [0.4, 0.5) is 0 Å². The Morgan fingerprint density at radius 2 is 1.80 bits per heavy atom. The summed E-state index contributed by atoms with van der Waals surface area (Å²) < 4.78 is 10.6. The second kappa shape index (κ2) is 5.25. The summed E-state index contributed by atoms with van der Waals surface area (Å²) in [6.45, 7) is 0. The lowest BCUT2D eigenvalue weighted by Crippen LogP contribution is -1.93. The molecule has 0 atom stereocenters. The van der Waals surface area contributed by atoms with Crippen molar-refractivity contribution in [3.05, 3.63) is 53.9 Å². The summed E-state index contributed by atoms with van der Waals surface area (Å²) in [4.78, 5) is 7.63. The molecule has 1 N–H and O–H groups in total. The maximum absolute atomic E-state index is 5.29. The number of ether oxygens (including phenoxy) is 2. The van der Waals surface area contributed by atoms with Crippen LogP contribution in [0, 0.1) is 0 Å². The minimum atomic E-state index is 0.782. The van der Waals surface area contributed by atoms with Crippen LogP contribution in [0.25, 0.3) is 11.0 Å². The van der Waals surface area contributed by atoms with Gasteiger partial charge in [-0.25, -0.2) is 4.98 Å². The molecule has 102 valence electrons. The van der Waals surface area contributed by atoms with Gasteiger partial charge in [-0.15, -0.1) is 0 Å². The van der Waals surface area contributed by atoms with Crippen LogP contribution in [0.5, 0.6) is 11.5 Å². The molecule has 4 nitrogen and oxygen atoms in total. The highest BCUT2D eigenvalue weighted by Gasteiger charge is 2.06. The molecule has 3 aromatic rings. The average molecular weight is 268 g/mol. The summed E-state index contributed by atoms with van der Waals surface area (Å²) in [5, 5.41) is 1.12. The minimum absolute atomic E-state index is 0.782. The van der Waals surface area contributed by atoms with Gasteiger partial charge < -0.3 is 14.5 Å². The predicted molar refractivity (Wildman–Crippen MR) is 78.4 cm³/mol. The second-order valence-corrected chi connectivity index (χ2v) is 4.63. The number of pyridine rings is 1. The van der Waals surface area contributed by atoms with Crippen molar-refractivity contribution in [2.75, 3.05) is 14.2 Å². The van der Waals surface area contributed by atoms with Crippen molar-refractivity contribution in [2.24, 2.45) is 0 Å². The van der Waals surface area contributed by atoms with E-state index in [0.717, 1.165) is 40.2 Å². The van der Waals surface area contributed by atoms with Crippen LogP contribution in [0.2, 0.25) is 0 Å². The zero-order chi connectivity index (χ0) is 13.9. The molecule has 2 heterocycles. The van der Waals surface area contributed by atoms with E-state index in [-0.39, 0.29) is 0 Å². The van der Waals surface area contributed by atoms with E-state index in [1.165, 1.54) is 0 Å². The molecule has 0 aliphatic rings. The first kappa shape index (κ1) is 12.5. The molecule has 0 unspecified atom stereocenters. The molecule has 4 heteroatoms. The topological polar surface area (TPSA) is 47.1 Å². The fourth-order valence-corrected chi connectivity index (χ4v) is 2.30. The third-order valence-corrected chi connectivity index (χ3v) is 3.25. The van der Waals surface area contributed by atoms with E-state index in [9.17, 15) is 0 Å². The maximum atomic E-state index is 5.29. The Morgan fingerprint density at radius 1 is 1.05 bits per heavy atom. The van der Waals surface area contributed by atoms with E-state index in [4.69, 9.17) is 9.47 Å². The van der Waals surface area contributed by atoms with Crippen molar-refractivity contribution >= 4 is 11.0 Å². The molecule has 0 radical (unpaired) electrons. The number of hydrogen-bond acceptors (Lipinski definition) is 3. The van der Waals surface area contributed by atoms with Gasteiger partial charge in [-0.2, -0.15) is 0 Å². The molecule has 2 aromatic heterocycles. The van der Waals surface area contributed by atoms with Gasteiger partial charge in [-0.3, -0.25) is 0 Å². The Balaban J connectivity index is 1.93. The van der Waals surface area contributed by atoms with E-state index in [2.05, 4.69) is 22.1 Å². The lowest BCUT2D eigenvalue weighted by molar-refractivity contribution is 0.393. The molecule has 1 aromatic carbocycles.